The van der Waals surface area contributed by atoms with E-state index in [1.807, 2.05) is 40.8 Å². The zero-order chi connectivity index (χ0) is 19.5. The van der Waals surface area contributed by atoms with E-state index in [4.69, 9.17) is 0 Å². The summed E-state index contributed by atoms with van der Waals surface area (Å²) >= 11 is 0. The first kappa shape index (κ1) is 18.5. The number of hydrogen-bond donors (Lipinski definition) is 1. The Kier molecular flexibility index (Phi) is 5.32. The molecule has 7 heteroatoms. The fourth-order valence-corrected chi connectivity index (χ4v) is 3.99. The maximum Gasteiger partial charge on any atom is 0.322 e. The number of nitrogens with one attached hydrogen (secondary N) is 1. The molecular weight excluding hydrogens is 354 g/mol. The van der Waals surface area contributed by atoms with Gasteiger partial charge in [-0.15, -0.1) is 0 Å². The largest absolute Gasteiger partial charge is 0.339 e. The molecular formula is C21H27N5O2. The lowest BCUT2D eigenvalue weighted by Gasteiger charge is -2.27. The SMILES string of the molecule is Cc1cc2n(n1)CCCN(C(=O)Nc1cccc(C(=O)N3CCCCC3)c1)C2. The van der Waals surface area contributed by atoms with E-state index in [1.54, 1.807) is 11.0 Å². The van der Waals surface area contributed by atoms with E-state index < -0.39 is 0 Å². The van der Waals surface area contributed by atoms with Gasteiger partial charge in [-0.05, 0) is 56.9 Å². The predicted octanol–water partition coefficient (Wildman–Crippen LogP) is 3.26. The van der Waals surface area contributed by atoms with Crippen LogP contribution >= 0.6 is 0 Å². The molecule has 0 bridgehead atoms. The van der Waals surface area contributed by atoms with Crippen LogP contribution in [0.5, 0.6) is 0 Å². The molecule has 0 spiro atoms. The maximum atomic E-state index is 12.8. The maximum absolute atomic E-state index is 12.8. The van der Waals surface area contributed by atoms with Gasteiger partial charge in [0.2, 0.25) is 0 Å². The number of aromatic nitrogens is 2. The van der Waals surface area contributed by atoms with Crippen LogP contribution in [0.3, 0.4) is 0 Å². The molecule has 1 N–H and O–H groups in total. The van der Waals surface area contributed by atoms with Gasteiger partial charge in [-0.2, -0.15) is 5.10 Å². The smallest absolute Gasteiger partial charge is 0.322 e. The van der Waals surface area contributed by atoms with E-state index in [-0.39, 0.29) is 11.9 Å². The third-order valence-corrected chi connectivity index (χ3v) is 5.43. The molecule has 1 aromatic heterocycles. The first-order chi connectivity index (χ1) is 13.6. The molecule has 1 saturated heterocycles. The van der Waals surface area contributed by atoms with Crippen molar-refractivity contribution in [3.05, 3.63) is 47.3 Å². The summed E-state index contributed by atoms with van der Waals surface area (Å²) in [6.45, 7) is 5.65. The molecule has 3 heterocycles. The summed E-state index contributed by atoms with van der Waals surface area (Å²) in [5, 5.41) is 7.44. The third-order valence-electron chi connectivity index (χ3n) is 5.43. The first-order valence-electron chi connectivity index (χ1n) is 10.1. The van der Waals surface area contributed by atoms with Crippen molar-refractivity contribution in [3.63, 3.8) is 0 Å². The fourth-order valence-electron chi connectivity index (χ4n) is 3.99. The van der Waals surface area contributed by atoms with Gasteiger partial charge in [-0.25, -0.2) is 4.79 Å². The zero-order valence-electron chi connectivity index (χ0n) is 16.4. The minimum absolute atomic E-state index is 0.0462. The van der Waals surface area contributed by atoms with Gasteiger partial charge < -0.3 is 15.1 Å². The van der Waals surface area contributed by atoms with E-state index in [0.29, 0.717) is 24.3 Å². The number of carbonyl (C=O) groups is 2. The van der Waals surface area contributed by atoms with Gasteiger partial charge in [0.25, 0.3) is 5.91 Å². The number of carbonyl (C=O) groups excluding carboxylic acids is 2. The molecule has 0 atom stereocenters. The molecule has 0 aliphatic carbocycles. The molecule has 0 unspecified atom stereocenters. The summed E-state index contributed by atoms with van der Waals surface area (Å²) in [5.74, 6) is 0.0462. The molecule has 28 heavy (non-hydrogen) atoms. The van der Waals surface area contributed by atoms with Crippen molar-refractivity contribution in [2.75, 3.05) is 25.0 Å². The lowest BCUT2D eigenvalue weighted by atomic mass is 10.1. The van der Waals surface area contributed by atoms with E-state index in [2.05, 4.69) is 10.4 Å². The number of nitrogens with zero attached hydrogens (tertiary/aromatic N) is 4. The highest BCUT2D eigenvalue weighted by Gasteiger charge is 2.21. The van der Waals surface area contributed by atoms with Gasteiger partial charge in [0.1, 0.15) is 0 Å². The van der Waals surface area contributed by atoms with Crippen LogP contribution in [0.25, 0.3) is 0 Å². The van der Waals surface area contributed by atoms with Crippen molar-refractivity contribution in [1.29, 1.82) is 0 Å². The number of aryl methyl sites for hydroxylation is 2. The van der Waals surface area contributed by atoms with Crippen molar-refractivity contribution in [2.45, 2.75) is 45.7 Å². The summed E-state index contributed by atoms with van der Waals surface area (Å²) < 4.78 is 1.99. The molecule has 1 fully saturated rings. The Balaban J connectivity index is 1.43. The Morgan fingerprint density at radius 3 is 2.57 bits per heavy atom. The van der Waals surface area contributed by atoms with Crippen molar-refractivity contribution < 1.29 is 9.59 Å². The number of amides is 3. The molecule has 148 valence electrons. The Bertz CT molecular complexity index is 869. The second kappa shape index (κ2) is 8.04. The topological polar surface area (TPSA) is 70.5 Å². The number of piperidine rings is 1. The van der Waals surface area contributed by atoms with Crippen molar-refractivity contribution in [2.24, 2.45) is 0 Å². The molecule has 1 aromatic carbocycles. The van der Waals surface area contributed by atoms with Crippen LogP contribution in [0.1, 0.15) is 47.4 Å². The van der Waals surface area contributed by atoms with Crippen LogP contribution in [0.4, 0.5) is 10.5 Å². The molecule has 2 aliphatic rings. The van der Waals surface area contributed by atoms with Crippen LogP contribution in [-0.4, -0.2) is 51.2 Å². The van der Waals surface area contributed by atoms with Gasteiger partial charge in [-0.3, -0.25) is 9.48 Å². The quantitative estimate of drug-likeness (QED) is 0.868. The van der Waals surface area contributed by atoms with Crippen molar-refractivity contribution >= 4 is 17.6 Å². The molecule has 3 amide bonds. The Labute approximate surface area is 165 Å². The monoisotopic (exact) mass is 381 g/mol. The summed E-state index contributed by atoms with van der Waals surface area (Å²) in [7, 11) is 0. The molecule has 0 radical (unpaired) electrons. The number of likely N-dealkylation sites (tertiary alicyclic amines) is 1. The van der Waals surface area contributed by atoms with Crippen LogP contribution in [0.15, 0.2) is 30.3 Å². The highest BCUT2D eigenvalue weighted by molar-refractivity contribution is 5.97. The van der Waals surface area contributed by atoms with Gasteiger partial charge >= 0.3 is 6.03 Å². The minimum atomic E-state index is -0.144. The van der Waals surface area contributed by atoms with E-state index in [0.717, 1.165) is 50.3 Å². The Hall–Kier alpha value is -2.83. The molecule has 7 nitrogen and oxygen atoms in total. The van der Waals surface area contributed by atoms with Crippen LogP contribution in [0.2, 0.25) is 0 Å². The van der Waals surface area contributed by atoms with E-state index >= 15 is 0 Å². The number of rotatable bonds is 2. The van der Waals surface area contributed by atoms with Crippen LogP contribution in [0, 0.1) is 6.92 Å². The zero-order valence-corrected chi connectivity index (χ0v) is 16.4. The normalized spacial score (nSPS) is 17.0. The van der Waals surface area contributed by atoms with Gasteiger partial charge in [0.15, 0.2) is 0 Å². The molecule has 2 aliphatic heterocycles. The summed E-state index contributed by atoms with van der Waals surface area (Å²) in [6.07, 6.45) is 4.18. The predicted molar refractivity (Wildman–Crippen MR) is 107 cm³/mol. The van der Waals surface area contributed by atoms with Gasteiger partial charge in [0, 0.05) is 37.4 Å². The number of hydrogen-bond acceptors (Lipinski definition) is 3. The summed E-state index contributed by atoms with van der Waals surface area (Å²) in [6, 6.07) is 9.14. The second-order valence-electron chi connectivity index (χ2n) is 7.64. The second-order valence-corrected chi connectivity index (χ2v) is 7.64. The van der Waals surface area contributed by atoms with Crippen LogP contribution < -0.4 is 5.32 Å². The number of benzene rings is 1. The minimum Gasteiger partial charge on any atom is -0.339 e. The number of fused-ring (bicyclic) bond motifs is 1. The average molecular weight is 381 g/mol. The lowest BCUT2D eigenvalue weighted by Crippen LogP contribution is -2.36. The van der Waals surface area contributed by atoms with E-state index in [1.165, 1.54) is 6.42 Å². The van der Waals surface area contributed by atoms with E-state index in [9.17, 15) is 9.59 Å². The Morgan fingerprint density at radius 1 is 0.964 bits per heavy atom. The summed E-state index contributed by atoms with van der Waals surface area (Å²) in [5.41, 5.74) is 3.31. The lowest BCUT2D eigenvalue weighted by molar-refractivity contribution is 0.0724. The van der Waals surface area contributed by atoms with Crippen molar-refractivity contribution in [1.82, 2.24) is 19.6 Å². The number of anilines is 1. The number of urea groups is 1. The molecule has 0 saturated carbocycles. The Morgan fingerprint density at radius 2 is 1.75 bits per heavy atom. The average Bonchev–Trinajstić information content (AvgIpc) is 2.94. The van der Waals surface area contributed by atoms with Crippen LogP contribution in [-0.2, 0) is 13.1 Å². The summed E-state index contributed by atoms with van der Waals surface area (Å²) in [4.78, 5) is 29.2. The fraction of sp³-hybridized carbons (Fsp3) is 0.476. The van der Waals surface area contributed by atoms with Gasteiger partial charge in [0.05, 0.1) is 17.9 Å². The molecule has 2 aromatic rings. The first-order valence-corrected chi connectivity index (χ1v) is 10.1. The molecule has 4 rings (SSSR count). The van der Waals surface area contributed by atoms with Gasteiger partial charge in [-0.1, -0.05) is 6.07 Å². The van der Waals surface area contributed by atoms with Crippen molar-refractivity contribution in [3.8, 4) is 0 Å². The highest BCUT2D eigenvalue weighted by Crippen LogP contribution is 2.18. The highest BCUT2D eigenvalue weighted by atomic mass is 16.2. The third kappa shape index (κ3) is 4.03. The standard InChI is InChI=1S/C21H27N5O2/c1-16-13-19-15-25(11-6-12-26(19)23-16)21(28)22-18-8-5-7-17(14-18)20(27)24-9-3-2-4-10-24/h5,7-8,13-14H,2-4,6,9-12,15H2,1H3,(H,22,28).